The van der Waals surface area contributed by atoms with Gasteiger partial charge in [0.25, 0.3) is 0 Å². The number of amides is 2. The molecule has 11 nitrogen and oxygen atoms in total. The Kier molecular flexibility index (Phi) is 10.6. The summed E-state index contributed by atoms with van der Waals surface area (Å²) < 4.78 is 10.5. The van der Waals surface area contributed by atoms with Crippen LogP contribution in [0.15, 0.2) is 0 Å². The van der Waals surface area contributed by atoms with E-state index >= 15 is 0 Å². The van der Waals surface area contributed by atoms with Gasteiger partial charge in [0.15, 0.2) is 0 Å². The number of alkyl carbamates (subject to hydrolysis) is 1. The highest BCUT2D eigenvalue weighted by molar-refractivity contribution is 5.99. The second-order valence-corrected chi connectivity index (χ2v) is 10.4. The van der Waals surface area contributed by atoms with Crippen molar-refractivity contribution in [3.8, 4) is 0 Å². The van der Waals surface area contributed by atoms with Crippen LogP contribution >= 0.6 is 0 Å². The number of nitrogens with zero attached hydrogens (tertiary/aromatic N) is 2. The maximum atomic E-state index is 12.6. The molecule has 0 aliphatic carbocycles. The molecule has 0 aromatic rings. The molecule has 33 heavy (non-hydrogen) atoms. The Balaban J connectivity index is 2.61. The van der Waals surface area contributed by atoms with E-state index in [0.29, 0.717) is 32.2 Å². The van der Waals surface area contributed by atoms with E-state index in [4.69, 9.17) is 20.6 Å². The molecule has 0 aromatic heterocycles. The summed E-state index contributed by atoms with van der Waals surface area (Å²) in [4.78, 5) is 38.9. The third-order valence-electron chi connectivity index (χ3n) is 4.83. The SMILES string of the molecule is CC(C)(C)OC(=O)NC(=N)N(CCCC[C@H](N)CN1CCC[C@H]1C(=O)O)C(=O)OC(C)(C)C. The standard InChI is InChI=1S/C22H41N5O6/c1-21(2,3)32-19(30)25-18(24)27(20(31)33-22(4,5)6)13-8-7-10-15(23)14-26-12-9-11-16(26)17(28)29/h15-16H,7-14,23H2,1-6H3,(H,28,29)(H2,24,25,30)/t15-,16-/m0/s1. The van der Waals surface area contributed by atoms with E-state index in [1.54, 1.807) is 41.5 Å². The van der Waals surface area contributed by atoms with Gasteiger partial charge in [0, 0.05) is 19.1 Å². The molecule has 1 rings (SSSR count). The normalized spacial score (nSPS) is 17.8. The quantitative estimate of drug-likeness (QED) is 0.239. The molecule has 11 heteroatoms. The van der Waals surface area contributed by atoms with Crippen LogP contribution in [0.5, 0.6) is 0 Å². The third-order valence-corrected chi connectivity index (χ3v) is 4.83. The van der Waals surface area contributed by atoms with Crippen molar-refractivity contribution in [1.29, 1.82) is 5.41 Å². The average Bonchev–Trinajstić information content (AvgIpc) is 3.06. The van der Waals surface area contributed by atoms with Gasteiger partial charge in [-0.3, -0.25) is 20.4 Å². The van der Waals surface area contributed by atoms with E-state index < -0.39 is 41.4 Å². The van der Waals surface area contributed by atoms with Crippen LogP contribution in [0, 0.1) is 5.41 Å². The summed E-state index contributed by atoms with van der Waals surface area (Å²) in [5.41, 5.74) is 4.70. The Hall–Kier alpha value is -2.40. The van der Waals surface area contributed by atoms with E-state index in [-0.39, 0.29) is 12.6 Å². The fourth-order valence-electron chi connectivity index (χ4n) is 3.47. The van der Waals surface area contributed by atoms with Gasteiger partial charge in [-0.1, -0.05) is 6.42 Å². The Morgan fingerprint density at radius 1 is 1.15 bits per heavy atom. The number of guanidine groups is 1. The van der Waals surface area contributed by atoms with Gasteiger partial charge in [0.05, 0.1) is 0 Å². The number of hydrogen-bond donors (Lipinski definition) is 4. The number of ether oxygens (including phenoxy) is 2. The first-order chi connectivity index (χ1) is 15.1. The van der Waals surface area contributed by atoms with Crippen LogP contribution in [-0.4, -0.2) is 81.9 Å². The van der Waals surface area contributed by atoms with Gasteiger partial charge >= 0.3 is 18.2 Å². The van der Waals surface area contributed by atoms with Crippen molar-refractivity contribution in [2.24, 2.45) is 5.73 Å². The lowest BCUT2D eigenvalue weighted by atomic mass is 10.1. The molecule has 2 atom stereocenters. The van der Waals surface area contributed by atoms with Crippen molar-refractivity contribution in [1.82, 2.24) is 15.1 Å². The lowest BCUT2D eigenvalue weighted by molar-refractivity contribution is -0.142. The Morgan fingerprint density at radius 3 is 2.30 bits per heavy atom. The summed E-state index contributed by atoms with van der Waals surface area (Å²) in [6, 6.07) is -0.669. The molecule has 0 spiro atoms. The van der Waals surface area contributed by atoms with E-state index in [2.05, 4.69) is 5.32 Å². The highest BCUT2D eigenvalue weighted by atomic mass is 16.6. The molecule has 1 saturated heterocycles. The number of carboxylic acid groups (broad SMARTS) is 1. The molecule has 1 aliphatic heterocycles. The van der Waals surface area contributed by atoms with Crippen LogP contribution in [-0.2, 0) is 14.3 Å². The first-order valence-electron chi connectivity index (χ1n) is 11.4. The zero-order valence-electron chi connectivity index (χ0n) is 20.8. The van der Waals surface area contributed by atoms with E-state index in [1.165, 1.54) is 0 Å². The number of carboxylic acids is 1. The summed E-state index contributed by atoms with van der Waals surface area (Å²) in [6.45, 7) is 11.6. The second-order valence-electron chi connectivity index (χ2n) is 10.4. The molecule has 5 N–H and O–H groups in total. The smallest absolute Gasteiger partial charge is 0.417 e. The molecule has 2 amide bonds. The molecule has 0 bridgehead atoms. The van der Waals surface area contributed by atoms with Crippen LogP contribution in [0.1, 0.15) is 73.6 Å². The predicted molar refractivity (Wildman–Crippen MR) is 124 cm³/mol. The van der Waals surface area contributed by atoms with Crippen molar-refractivity contribution < 1.29 is 29.0 Å². The van der Waals surface area contributed by atoms with Crippen molar-refractivity contribution in [3.63, 3.8) is 0 Å². The predicted octanol–water partition coefficient (Wildman–Crippen LogP) is 2.73. The number of nitrogens with two attached hydrogens (primary N) is 1. The van der Waals surface area contributed by atoms with Crippen molar-refractivity contribution in [3.05, 3.63) is 0 Å². The summed E-state index contributed by atoms with van der Waals surface area (Å²) in [7, 11) is 0. The molecule has 0 saturated carbocycles. The highest BCUT2D eigenvalue weighted by Gasteiger charge is 2.31. The number of carbonyl (C=O) groups is 3. The maximum Gasteiger partial charge on any atom is 0.417 e. The van der Waals surface area contributed by atoms with Gasteiger partial charge in [0.2, 0.25) is 5.96 Å². The van der Waals surface area contributed by atoms with Crippen LogP contribution in [0.25, 0.3) is 0 Å². The molecular formula is C22H41N5O6. The zero-order chi connectivity index (χ0) is 25.4. The van der Waals surface area contributed by atoms with E-state index in [1.807, 2.05) is 4.90 Å². The van der Waals surface area contributed by atoms with Crippen molar-refractivity contribution in [2.75, 3.05) is 19.6 Å². The average molecular weight is 472 g/mol. The highest BCUT2D eigenvalue weighted by Crippen LogP contribution is 2.18. The Bertz CT molecular complexity index is 700. The number of unbranched alkanes of at least 4 members (excludes halogenated alkanes) is 1. The van der Waals surface area contributed by atoms with Crippen molar-refractivity contribution in [2.45, 2.75) is 96.9 Å². The first-order valence-corrected chi connectivity index (χ1v) is 11.4. The van der Waals surface area contributed by atoms with Crippen LogP contribution in [0.2, 0.25) is 0 Å². The fraction of sp³-hybridized carbons (Fsp3) is 0.818. The van der Waals surface area contributed by atoms with Gasteiger partial charge < -0.3 is 20.3 Å². The minimum absolute atomic E-state index is 0.151. The lowest BCUT2D eigenvalue weighted by Gasteiger charge is -2.28. The van der Waals surface area contributed by atoms with Gasteiger partial charge in [-0.2, -0.15) is 0 Å². The number of carbonyl (C=O) groups excluding carboxylic acids is 2. The first kappa shape index (κ1) is 28.6. The van der Waals surface area contributed by atoms with Gasteiger partial charge in [-0.25, -0.2) is 14.5 Å². The third kappa shape index (κ3) is 11.3. The zero-order valence-corrected chi connectivity index (χ0v) is 20.8. The molecule has 1 fully saturated rings. The molecule has 1 aliphatic rings. The van der Waals surface area contributed by atoms with Gasteiger partial charge in [-0.05, 0) is 73.8 Å². The topological polar surface area (TPSA) is 158 Å². The van der Waals surface area contributed by atoms with E-state index in [0.717, 1.165) is 17.9 Å². The van der Waals surface area contributed by atoms with Gasteiger partial charge in [0.1, 0.15) is 17.2 Å². The fourth-order valence-corrected chi connectivity index (χ4v) is 3.47. The molecule has 0 radical (unpaired) electrons. The summed E-state index contributed by atoms with van der Waals surface area (Å²) >= 11 is 0. The summed E-state index contributed by atoms with van der Waals surface area (Å²) in [5, 5.41) is 19.7. The summed E-state index contributed by atoms with van der Waals surface area (Å²) in [6.07, 6.45) is 1.73. The second kappa shape index (κ2) is 12.2. The van der Waals surface area contributed by atoms with Gasteiger partial charge in [-0.15, -0.1) is 0 Å². The monoisotopic (exact) mass is 471 g/mol. The van der Waals surface area contributed by atoms with Crippen LogP contribution in [0.4, 0.5) is 9.59 Å². The molecule has 0 aromatic carbocycles. The molecule has 1 heterocycles. The number of hydrogen-bond acceptors (Lipinski definition) is 8. The molecule has 190 valence electrons. The summed E-state index contributed by atoms with van der Waals surface area (Å²) in [5.74, 6) is -1.24. The molecule has 0 unspecified atom stereocenters. The van der Waals surface area contributed by atoms with Crippen LogP contribution in [0.3, 0.4) is 0 Å². The Morgan fingerprint density at radius 2 is 1.76 bits per heavy atom. The maximum absolute atomic E-state index is 12.6. The molecular weight excluding hydrogens is 430 g/mol. The number of rotatable bonds is 8. The van der Waals surface area contributed by atoms with Crippen molar-refractivity contribution >= 4 is 24.1 Å². The Labute approximate surface area is 196 Å². The lowest BCUT2D eigenvalue weighted by Crippen LogP contribution is -2.49. The number of likely N-dealkylation sites (tertiary alicyclic amines) is 1. The minimum Gasteiger partial charge on any atom is -0.480 e. The van der Waals surface area contributed by atoms with Crippen LogP contribution < -0.4 is 11.1 Å². The minimum atomic E-state index is -0.832. The largest absolute Gasteiger partial charge is 0.480 e. The van der Waals surface area contributed by atoms with E-state index in [9.17, 15) is 19.5 Å². The number of nitrogens with one attached hydrogen (secondary N) is 2. The number of aliphatic carboxylic acids is 1.